The Labute approximate surface area is 429 Å². The molecule has 0 bridgehead atoms. The molecule has 7 atom stereocenters. The number of nitrogens with two attached hydrogens (primary N) is 13. The summed E-state index contributed by atoms with van der Waals surface area (Å²) in [4.78, 5) is 127. The fourth-order valence-electron chi connectivity index (χ4n) is 6.69. The topological polar surface area (TPSA) is 629 Å². The summed E-state index contributed by atoms with van der Waals surface area (Å²) in [6, 6.07) is -9.65. The highest BCUT2D eigenvalue weighted by atomic mass is 16.4. The van der Waals surface area contributed by atoms with Crippen LogP contribution in [0.5, 0.6) is 0 Å². The molecule has 0 aromatic carbocycles. The number of carboxylic acid groups (broad SMARTS) is 1. The van der Waals surface area contributed by atoms with E-state index in [1.165, 1.54) is 0 Å². The van der Waals surface area contributed by atoms with E-state index in [0.717, 1.165) is 0 Å². The van der Waals surface area contributed by atoms with Crippen LogP contribution in [0, 0.1) is 0 Å². The van der Waals surface area contributed by atoms with Gasteiger partial charge in [0.05, 0.1) is 6.04 Å². The number of aliphatic carboxylic acids is 1. The normalized spacial score (nSPS) is 13.5. The van der Waals surface area contributed by atoms with E-state index in [0.29, 0.717) is 19.4 Å². The molecule has 7 amide bonds. The van der Waals surface area contributed by atoms with E-state index in [1.807, 2.05) is 0 Å². The first-order valence-electron chi connectivity index (χ1n) is 23.9. The van der Waals surface area contributed by atoms with Crippen LogP contribution in [0.2, 0.25) is 0 Å². The summed E-state index contributed by atoms with van der Waals surface area (Å²) in [5.74, 6) is -8.74. The molecule has 0 radical (unpaired) electrons. The van der Waals surface area contributed by atoms with Crippen LogP contribution in [0.25, 0.3) is 0 Å². The lowest BCUT2D eigenvalue weighted by Gasteiger charge is -2.27. The minimum atomic E-state index is -1.60. The zero-order chi connectivity index (χ0) is 56.2. The third-order valence-electron chi connectivity index (χ3n) is 10.5. The SMILES string of the molecule is NCCCC[C@H](N)C(=O)N[C@@H](CCCN=C(N)N)C(=O)N[C@H](CCCN=C(N)N)C(=O)N[C@@H](CCC(N)=O)C(=O)N[C@@H](CCCN=C(N)N)C(=O)N[C@@H](CCCN=C(N)N)C(=O)N[C@H](CCCN=C(N)N)C(=O)O. The Kier molecular flexibility index (Phi) is 33.7. The molecule has 0 saturated carbocycles. The summed E-state index contributed by atoms with van der Waals surface area (Å²) in [7, 11) is 0. The van der Waals surface area contributed by atoms with Gasteiger partial charge in [0.25, 0.3) is 0 Å². The third kappa shape index (κ3) is 32.1. The first-order chi connectivity index (χ1) is 34.9. The van der Waals surface area contributed by atoms with E-state index in [-0.39, 0.29) is 133 Å². The van der Waals surface area contributed by atoms with Crippen LogP contribution in [-0.2, 0) is 38.4 Å². The molecule has 0 heterocycles. The molecule has 33 N–H and O–H groups in total. The van der Waals surface area contributed by atoms with Gasteiger partial charge in [-0.25, -0.2) is 4.79 Å². The van der Waals surface area contributed by atoms with Gasteiger partial charge in [0.1, 0.15) is 36.3 Å². The maximum atomic E-state index is 14.2. The largest absolute Gasteiger partial charge is 0.480 e. The highest BCUT2D eigenvalue weighted by Crippen LogP contribution is 2.10. The summed E-state index contributed by atoms with van der Waals surface area (Å²) >= 11 is 0. The van der Waals surface area contributed by atoms with E-state index in [9.17, 15) is 43.5 Å². The Bertz CT molecular complexity index is 1950. The van der Waals surface area contributed by atoms with Crippen molar-refractivity contribution in [1.29, 1.82) is 0 Å². The van der Waals surface area contributed by atoms with Gasteiger partial charge in [-0.3, -0.25) is 58.5 Å². The van der Waals surface area contributed by atoms with Crippen LogP contribution in [0.3, 0.4) is 0 Å². The fourth-order valence-corrected chi connectivity index (χ4v) is 6.69. The first kappa shape index (κ1) is 66.0. The molecule has 33 heteroatoms. The standard InChI is InChI=1S/C41H82N24O9/c42-16-2-1-8-22(43)30(67)60-23(9-3-17-55-37(45)46)31(68)61-25(11-5-19-57-39(49)50)33(70)64-27(14-15-29(44)66)35(72)63-24(10-4-18-56-38(47)48)32(69)62-26(12-6-20-58-40(51)52)34(71)65-28(36(73)74)13-7-21-59-41(53)54/h22-28H,1-21,42-43H2,(H2,44,66)(H,60,67)(H,61,68)(H,62,69)(H,63,72)(H,64,70)(H,65,71)(H,73,74)(H4,45,46,55)(H4,47,48,56)(H4,49,50,57)(H4,51,52,58)(H4,53,54,59)/t22-,23-,24-,25+,26-,27-,28+/m0/s1. The van der Waals surface area contributed by atoms with Crippen LogP contribution in [0.15, 0.2) is 25.0 Å². The number of guanidine groups is 5. The minimum absolute atomic E-state index is 0.00421. The number of carbonyl (C=O) groups is 8. The average Bonchev–Trinajstić information content (AvgIpc) is 3.31. The first-order valence-corrected chi connectivity index (χ1v) is 23.9. The van der Waals surface area contributed by atoms with E-state index < -0.39 is 102 Å². The highest BCUT2D eigenvalue weighted by Gasteiger charge is 2.34. The summed E-state index contributed by atoms with van der Waals surface area (Å²) in [6.07, 6.45) is 0.642. The Balaban J connectivity index is 7.01. The van der Waals surface area contributed by atoms with Crippen LogP contribution in [-0.4, -0.2) is 164 Å². The van der Waals surface area contributed by atoms with Crippen molar-refractivity contribution in [3.8, 4) is 0 Å². The number of amides is 7. The predicted octanol–water partition coefficient (Wildman–Crippen LogP) is -9.03. The molecular formula is C41H82N24O9. The van der Waals surface area contributed by atoms with Crippen LogP contribution >= 0.6 is 0 Å². The number of aliphatic imine (C=N–C) groups is 5. The summed E-state index contributed by atoms with van der Waals surface area (Å²) in [5, 5.41) is 25.1. The van der Waals surface area contributed by atoms with Gasteiger partial charge in [-0.15, -0.1) is 0 Å². The Hall–Kier alpha value is -7.97. The molecule has 33 nitrogen and oxygen atoms in total. The molecule has 74 heavy (non-hydrogen) atoms. The lowest BCUT2D eigenvalue weighted by atomic mass is 10.0. The number of nitrogens with zero attached hydrogens (tertiary/aromatic N) is 5. The predicted molar refractivity (Wildman–Crippen MR) is 278 cm³/mol. The van der Waals surface area contributed by atoms with E-state index in [4.69, 9.17) is 74.5 Å². The quantitative estimate of drug-likeness (QED) is 0.0154. The van der Waals surface area contributed by atoms with Crippen molar-refractivity contribution in [1.82, 2.24) is 31.9 Å². The molecule has 0 aliphatic carbocycles. The third-order valence-corrected chi connectivity index (χ3v) is 10.5. The summed E-state index contributed by atoms with van der Waals surface area (Å²) in [6.45, 7) is 0.516. The number of nitrogens with one attached hydrogen (secondary N) is 6. The molecule has 0 fully saturated rings. The van der Waals surface area contributed by atoms with Crippen molar-refractivity contribution >= 4 is 77.1 Å². The number of primary amides is 1. The van der Waals surface area contributed by atoms with Crippen LogP contribution in [0.1, 0.15) is 96.3 Å². The molecule has 0 saturated heterocycles. The number of rotatable bonds is 40. The monoisotopic (exact) mass is 1050 g/mol. The van der Waals surface area contributed by atoms with E-state index >= 15 is 0 Å². The molecule has 0 aliphatic rings. The van der Waals surface area contributed by atoms with E-state index in [2.05, 4.69) is 56.9 Å². The Morgan fingerprint density at radius 2 is 0.608 bits per heavy atom. The van der Waals surface area contributed by atoms with Crippen molar-refractivity contribution in [2.24, 2.45) is 99.5 Å². The minimum Gasteiger partial charge on any atom is -0.480 e. The van der Waals surface area contributed by atoms with Gasteiger partial charge in [-0.2, -0.15) is 0 Å². The summed E-state index contributed by atoms with van der Waals surface area (Å²) in [5.41, 5.74) is 71.6. The van der Waals surface area contributed by atoms with Gasteiger partial charge in [-0.1, -0.05) is 6.42 Å². The van der Waals surface area contributed by atoms with Gasteiger partial charge in [0.2, 0.25) is 41.4 Å². The zero-order valence-corrected chi connectivity index (χ0v) is 41.8. The number of carboxylic acids is 1. The lowest BCUT2D eigenvalue weighted by molar-refractivity contribution is -0.142. The average molecular weight is 1060 g/mol. The maximum absolute atomic E-state index is 14.2. The van der Waals surface area contributed by atoms with Gasteiger partial charge in [0, 0.05) is 39.1 Å². The molecule has 0 aromatic heterocycles. The lowest BCUT2D eigenvalue weighted by Crippen LogP contribution is -2.60. The van der Waals surface area contributed by atoms with E-state index in [1.54, 1.807) is 0 Å². The summed E-state index contributed by atoms with van der Waals surface area (Å²) < 4.78 is 0. The smallest absolute Gasteiger partial charge is 0.326 e. The van der Waals surface area contributed by atoms with Gasteiger partial charge in [0.15, 0.2) is 29.8 Å². The number of hydrogen-bond donors (Lipinski definition) is 20. The maximum Gasteiger partial charge on any atom is 0.326 e. The van der Waals surface area contributed by atoms with Crippen LogP contribution < -0.4 is 106 Å². The molecule has 420 valence electrons. The van der Waals surface area contributed by atoms with Gasteiger partial charge in [-0.05, 0) is 90.0 Å². The molecule has 0 aliphatic heterocycles. The second-order valence-corrected chi connectivity index (χ2v) is 16.8. The molecule has 0 unspecified atom stereocenters. The zero-order valence-electron chi connectivity index (χ0n) is 41.8. The number of carbonyl (C=O) groups excluding carboxylic acids is 7. The van der Waals surface area contributed by atoms with Crippen LogP contribution in [0.4, 0.5) is 0 Å². The molecule has 0 rings (SSSR count). The second kappa shape index (κ2) is 37.8. The Morgan fingerprint density at radius 3 is 0.865 bits per heavy atom. The van der Waals surface area contributed by atoms with Crippen molar-refractivity contribution in [3.05, 3.63) is 0 Å². The number of unbranched alkanes of at least 4 members (excludes halogenated alkanes) is 1. The highest BCUT2D eigenvalue weighted by molar-refractivity contribution is 5.97. The Morgan fingerprint density at radius 1 is 0.351 bits per heavy atom. The fraction of sp³-hybridized carbons (Fsp3) is 0.683. The van der Waals surface area contributed by atoms with Crippen molar-refractivity contribution in [2.45, 2.75) is 139 Å². The molecule has 0 aromatic rings. The van der Waals surface area contributed by atoms with Crippen molar-refractivity contribution in [2.75, 3.05) is 39.3 Å². The molecule has 0 spiro atoms. The van der Waals surface area contributed by atoms with Gasteiger partial charge >= 0.3 is 5.97 Å². The number of hydrogen-bond acceptors (Lipinski definition) is 15. The van der Waals surface area contributed by atoms with Crippen molar-refractivity contribution in [3.63, 3.8) is 0 Å². The van der Waals surface area contributed by atoms with Gasteiger partial charge < -0.3 is 112 Å². The molecular weight excluding hydrogens is 973 g/mol. The van der Waals surface area contributed by atoms with Crippen molar-refractivity contribution < 1.29 is 43.5 Å². The second-order valence-electron chi connectivity index (χ2n) is 16.8.